The number of rotatable bonds is 2. The summed E-state index contributed by atoms with van der Waals surface area (Å²) >= 11 is 0. The van der Waals surface area contributed by atoms with Gasteiger partial charge >= 0.3 is 6.18 Å². The number of halogens is 4. The lowest BCUT2D eigenvalue weighted by Crippen LogP contribution is -2.49. The molecular formula is C16H18ClF3N4O. The Morgan fingerprint density at radius 1 is 1.12 bits per heavy atom. The summed E-state index contributed by atoms with van der Waals surface area (Å²) in [6, 6.07) is 4.92. The first-order chi connectivity index (χ1) is 11.4. The van der Waals surface area contributed by atoms with Crippen molar-refractivity contribution in [2.45, 2.75) is 6.18 Å². The molecule has 0 spiro atoms. The van der Waals surface area contributed by atoms with Crippen molar-refractivity contribution in [3.05, 3.63) is 47.8 Å². The largest absolute Gasteiger partial charge is 0.417 e. The number of aryl methyl sites for hydroxylation is 1. The molecule has 0 bridgehead atoms. The van der Waals surface area contributed by atoms with E-state index in [0.717, 1.165) is 12.0 Å². The molecule has 0 atom stereocenters. The van der Waals surface area contributed by atoms with Crippen LogP contribution < -0.4 is 4.90 Å². The summed E-state index contributed by atoms with van der Waals surface area (Å²) in [5, 5.41) is 0. The van der Waals surface area contributed by atoms with Crippen LogP contribution >= 0.6 is 12.4 Å². The maximum atomic E-state index is 13.1. The Bertz CT molecular complexity index is 739. The van der Waals surface area contributed by atoms with Crippen LogP contribution in [0, 0.1) is 0 Å². The van der Waals surface area contributed by atoms with Gasteiger partial charge < -0.3 is 14.4 Å². The summed E-state index contributed by atoms with van der Waals surface area (Å²) in [5.74, 6) is 0.209. The molecule has 9 heteroatoms. The molecular weight excluding hydrogens is 357 g/mol. The van der Waals surface area contributed by atoms with Crippen molar-refractivity contribution < 1.29 is 18.0 Å². The lowest BCUT2D eigenvalue weighted by atomic mass is 10.1. The summed E-state index contributed by atoms with van der Waals surface area (Å²) in [4.78, 5) is 20.2. The molecule has 1 aromatic carbocycles. The van der Waals surface area contributed by atoms with Crippen LogP contribution in [0.5, 0.6) is 0 Å². The van der Waals surface area contributed by atoms with Gasteiger partial charge in [0, 0.05) is 45.6 Å². The van der Waals surface area contributed by atoms with Crippen LogP contribution in [0.4, 0.5) is 19.1 Å². The number of carbonyl (C=O) groups is 1. The van der Waals surface area contributed by atoms with E-state index in [9.17, 15) is 18.0 Å². The summed E-state index contributed by atoms with van der Waals surface area (Å²) in [7, 11) is 1.87. The molecule has 25 heavy (non-hydrogen) atoms. The fourth-order valence-electron chi connectivity index (χ4n) is 2.86. The van der Waals surface area contributed by atoms with Crippen LogP contribution in [-0.2, 0) is 13.2 Å². The number of imidazole rings is 1. The average Bonchev–Trinajstić information content (AvgIpc) is 2.99. The molecule has 1 aliphatic heterocycles. The summed E-state index contributed by atoms with van der Waals surface area (Å²) in [6.07, 6.45) is -1.03. The van der Waals surface area contributed by atoms with E-state index in [-0.39, 0.29) is 18.0 Å². The zero-order valence-electron chi connectivity index (χ0n) is 13.5. The van der Waals surface area contributed by atoms with Crippen molar-refractivity contribution >= 4 is 24.3 Å². The van der Waals surface area contributed by atoms with Crippen molar-refractivity contribution in [1.29, 1.82) is 0 Å². The molecule has 0 saturated carbocycles. The predicted molar refractivity (Wildman–Crippen MR) is 90.0 cm³/mol. The summed E-state index contributed by atoms with van der Waals surface area (Å²) in [6.45, 7) is 1.78. The third-order valence-electron chi connectivity index (χ3n) is 4.11. The Labute approximate surface area is 149 Å². The number of benzene rings is 1. The number of hydrogen-bond donors (Lipinski definition) is 0. The third kappa shape index (κ3) is 3.89. The second kappa shape index (κ2) is 7.35. The molecule has 0 radical (unpaired) electrons. The highest BCUT2D eigenvalue weighted by atomic mass is 35.5. The van der Waals surface area contributed by atoms with E-state index in [4.69, 9.17) is 0 Å². The zero-order chi connectivity index (χ0) is 17.3. The molecule has 1 aromatic heterocycles. The van der Waals surface area contributed by atoms with Gasteiger partial charge in [-0.15, -0.1) is 12.4 Å². The molecule has 0 unspecified atom stereocenters. The van der Waals surface area contributed by atoms with Crippen LogP contribution in [-0.4, -0.2) is 46.5 Å². The normalized spacial score (nSPS) is 15.0. The number of nitrogens with zero attached hydrogens (tertiary/aromatic N) is 4. The highest BCUT2D eigenvalue weighted by Crippen LogP contribution is 2.32. The van der Waals surface area contributed by atoms with Crippen LogP contribution in [0.3, 0.4) is 0 Å². The van der Waals surface area contributed by atoms with E-state index in [0.29, 0.717) is 26.2 Å². The van der Waals surface area contributed by atoms with Gasteiger partial charge in [0.05, 0.1) is 11.1 Å². The SMILES string of the molecule is Cl.Cn1ccnc1N1CCN(C(=O)c2ccccc2C(F)(F)F)CC1. The van der Waals surface area contributed by atoms with E-state index in [2.05, 4.69) is 4.98 Å². The quantitative estimate of drug-likeness (QED) is 0.811. The first-order valence-corrected chi connectivity index (χ1v) is 7.55. The van der Waals surface area contributed by atoms with Gasteiger partial charge in [-0.2, -0.15) is 13.2 Å². The molecule has 2 aromatic rings. The summed E-state index contributed by atoms with van der Waals surface area (Å²) < 4.78 is 41.1. The van der Waals surface area contributed by atoms with Crippen molar-refractivity contribution in [2.24, 2.45) is 7.05 Å². The average molecular weight is 375 g/mol. The first-order valence-electron chi connectivity index (χ1n) is 7.55. The Hall–Kier alpha value is -2.22. The molecule has 0 N–H and O–H groups in total. The minimum Gasteiger partial charge on any atom is -0.339 e. The fourth-order valence-corrected chi connectivity index (χ4v) is 2.86. The molecule has 0 aliphatic carbocycles. The van der Waals surface area contributed by atoms with Gasteiger partial charge in [0.15, 0.2) is 0 Å². The molecule has 5 nitrogen and oxygen atoms in total. The van der Waals surface area contributed by atoms with E-state index in [1.54, 1.807) is 6.20 Å². The Morgan fingerprint density at radius 2 is 1.76 bits per heavy atom. The van der Waals surface area contributed by atoms with Crippen molar-refractivity contribution in [2.75, 3.05) is 31.1 Å². The number of amides is 1. The van der Waals surface area contributed by atoms with E-state index < -0.39 is 17.6 Å². The number of carbonyl (C=O) groups excluding carboxylic acids is 1. The monoisotopic (exact) mass is 374 g/mol. The van der Waals surface area contributed by atoms with Crippen LogP contribution in [0.15, 0.2) is 36.7 Å². The molecule has 1 fully saturated rings. The van der Waals surface area contributed by atoms with Crippen LogP contribution in [0.25, 0.3) is 0 Å². The van der Waals surface area contributed by atoms with Gasteiger partial charge in [-0.3, -0.25) is 4.79 Å². The van der Waals surface area contributed by atoms with Gasteiger partial charge in [-0.1, -0.05) is 12.1 Å². The predicted octanol–water partition coefficient (Wildman–Crippen LogP) is 2.82. The Kier molecular flexibility index (Phi) is 5.62. The number of alkyl halides is 3. The molecule has 1 saturated heterocycles. The van der Waals surface area contributed by atoms with Gasteiger partial charge in [0.1, 0.15) is 0 Å². The number of piperazine rings is 1. The van der Waals surface area contributed by atoms with Crippen LogP contribution in [0.2, 0.25) is 0 Å². The van der Waals surface area contributed by atoms with E-state index in [1.165, 1.54) is 23.1 Å². The second-order valence-electron chi connectivity index (χ2n) is 5.66. The first kappa shape index (κ1) is 19.1. The highest BCUT2D eigenvalue weighted by molar-refractivity contribution is 5.96. The number of anilines is 1. The third-order valence-corrected chi connectivity index (χ3v) is 4.11. The highest BCUT2D eigenvalue weighted by Gasteiger charge is 2.36. The molecule has 2 heterocycles. The van der Waals surface area contributed by atoms with Crippen LogP contribution in [0.1, 0.15) is 15.9 Å². The fraction of sp³-hybridized carbons (Fsp3) is 0.375. The number of hydrogen-bond acceptors (Lipinski definition) is 3. The van der Waals surface area contributed by atoms with Gasteiger partial charge in [0.2, 0.25) is 5.95 Å². The maximum absolute atomic E-state index is 13.1. The van der Waals surface area contributed by atoms with Gasteiger partial charge in [-0.05, 0) is 12.1 Å². The minimum atomic E-state index is -4.54. The molecule has 3 rings (SSSR count). The van der Waals surface area contributed by atoms with E-state index >= 15 is 0 Å². The lowest BCUT2D eigenvalue weighted by Gasteiger charge is -2.35. The molecule has 1 aliphatic rings. The van der Waals surface area contributed by atoms with Crippen molar-refractivity contribution in [3.63, 3.8) is 0 Å². The Balaban J connectivity index is 0.00000225. The number of aromatic nitrogens is 2. The van der Waals surface area contributed by atoms with Crippen molar-refractivity contribution in [1.82, 2.24) is 14.5 Å². The van der Waals surface area contributed by atoms with Gasteiger partial charge in [-0.25, -0.2) is 4.98 Å². The maximum Gasteiger partial charge on any atom is 0.417 e. The van der Waals surface area contributed by atoms with E-state index in [1.807, 2.05) is 22.7 Å². The minimum absolute atomic E-state index is 0. The van der Waals surface area contributed by atoms with Gasteiger partial charge in [0.25, 0.3) is 5.91 Å². The van der Waals surface area contributed by atoms with Crippen molar-refractivity contribution in [3.8, 4) is 0 Å². The smallest absolute Gasteiger partial charge is 0.339 e. The molecule has 136 valence electrons. The standard InChI is InChI=1S/C16H17F3N4O.ClH/c1-21-7-6-20-15(21)23-10-8-22(9-11-23)14(24)12-4-2-3-5-13(12)16(17,18)19;/h2-7H,8-11H2,1H3;1H. The summed E-state index contributed by atoms with van der Waals surface area (Å²) in [5.41, 5.74) is -1.18. The zero-order valence-corrected chi connectivity index (χ0v) is 14.3. The second-order valence-corrected chi connectivity index (χ2v) is 5.66. The molecule has 1 amide bonds. The topological polar surface area (TPSA) is 41.4 Å². The Morgan fingerprint density at radius 3 is 2.32 bits per heavy atom. The lowest BCUT2D eigenvalue weighted by molar-refractivity contribution is -0.138.